The molecule has 0 saturated heterocycles. The second-order valence-corrected chi connectivity index (χ2v) is 31.0. The number of nitrogens with zero attached hydrogens (tertiary/aromatic N) is 2. The highest BCUT2D eigenvalue weighted by Gasteiger charge is 2.54. The maximum Gasteiger partial charge on any atom is 0.128 e. The van der Waals surface area contributed by atoms with Gasteiger partial charge >= 0.3 is 0 Å². The van der Waals surface area contributed by atoms with E-state index in [4.69, 9.17) is 19.4 Å². The minimum atomic E-state index is -0.555. The summed E-state index contributed by atoms with van der Waals surface area (Å²) in [6, 6.07) is 113. The molecular weight excluding hydrogens is 1270 g/mol. The third kappa shape index (κ3) is 7.29. The van der Waals surface area contributed by atoms with Crippen molar-refractivity contribution in [3.05, 3.63) is 370 Å². The van der Waals surface area contributed by atoms with Gasteiger partial charge in [-0.05, 0) is 205 Å². The molecule has 0 radical (unpaired) electrons. The largest absolute Gasteiger partial charge is 0.457 e. The normalized spacial score (nSPS) is 15.1. The minimum absolute atomic E-state index is 0.195. The zero-order chi connectivity index (χ0) is 68.0. The lowest BCUT2D eigenvalue weighted by Gasteiger charge is -2.30. The van der Waals surface area contributed by atoms with Gasteiger partial charge in [0, 0.05) is 32.7 Å². The van der Waals surface area contributed by atoms with E-state index in [0.717, 1.165) is 87.5 Å². The van der Waals surface area contributed by atoms with Crippen LogP contribution in [0.2, 0.25) is 0 Å². The third-order valence-electron chi connectivity index (χ3n) is 24.4. The van der Waals surface area contributed by atoms with Crippen LogP contribution in [0.3, 0.4) is 0 Å². The topological polar surface area (TPSA) is 44.2 Å². The van der Waals surface area contributed by atoms with Crippen molar-refractivity contribution in [2.24, 2.45) is 0 Å². The molecule has 0 aliphatic heterocycles. The van der Waals surface area contributed by atoms with Crippen molar-refractivity contribution >= 4 is 54.9 Å². The van der Waals surface area contributed by atoms with Gasteiger partial charge in [-0.3, -0.25) is 0 Å². The molecule has 0 N–H and O–H groups in total. The Hall–Kier alpha value is -12.3. The highest BCUT2D eigenvalue weighted by atomic mass is 32.1. The molecule has 0 saturated carbocycles. The van der Waals surface area contributed by atoms with Crippen LogP contribution in [0.25, 0.3) is 131 Å². The van der Waals surface area contributed by atoms with E-state index in [0.29, 0.717) is 0 Å². The molecule has 5 heteroatoms. The number of aromatic nitrogens is 2. The van der Waals surface area contributed by atoms with Crippen molar-refractivity contribution < 1.29 is 9.47 Å². The van der Waals surface area contributed by atoms with Gasteiger partial charge in [-0.1, -0.05) is 270 Å². The van der Waals surface area contributed by atoms with E-state index < -0.39 is 10.8 Å². The van der Waals surface area contributed by atoms with Crippen molar-refractivity contribution in [3.8, 4) is 111 Å². The van der Waals surface area contributed by atoms with Crippen LogP contribution in [0.15, 0.2) is 303 Å². The molecule has 0 unspecified atom stereocenters. The Morgan fingerprint density at radius 3 is 0.864 bits per heavy atom. The molecule has 2 spiro atoms. The van der Waals surface area contributed by atoms with E-state index in [2.05, 4.69) is 331 Å². The summed E-state index contributed by atoms with van der Waals surface area (Å²) >= 11 is 1.83. The van der Waals surface area contributed by atoms with Gasteiger partial charge in [0.2, 0.25) is 0 Å². The number of ether oxygens (including phenoxy) is 2. The lowest BCUT2D eigenvalue weighted by Crippen LogP contribution is -2.25. The molecule has 103 heavy (non-hydrogen) atoms. The van der Waals surface area contributed by atoms with Crippen molar-refractivity contribution in [2.75, 3.05) is 0 Å². The summed E-state index contributed by atoms with van der Waals surface area (Å²) in [6.45, 7) is 9.29. The summed E-state index contributed by atoms with van der Waals surface area (Å²) in [7, 11) is 0. The fourth-order valence-electron chi connectivity index (χ4n) is 20.2. The van der Waals surface area contributed by atoms with Gasteiger partial charge < -0.3 is 9.47 Å². The first kappa shape index (κ1) is 57.5. The van der Waals surface area contributed by atoms with Gasteiger partial charge in [0.05, 0.1) is 31.6 Å². The number of hydrogen-bond donors (Lipinski definition) is 0. The Morgan fingerprint density at radius 1 is 0.223 bits per heavy atom. The monoisotopic (exact) mass is 1330 g/mol. The number of thiophene rings is 1. The zero-order valence-electron chi connectivity index (χ0n) is 57.0. The van der Waals surface area contributed by atoms with Crippen LogP contribution in [0, 0.1) is 0 Å². The molecule has 6 aliphatic carbocycles. The molecule has 6 aliphatic rings. The fourth-order valence-corrected chi connectivity index (χ4v) is 21.4. The smallest absolute Gasteiger partial charge is 0.128 e. The molecule has 17 aromatic rings. The fraction of sp³-hybridized carbons (Fsp3) is 0.0816. The maximum atomic E-state index is 7.13. The van der Waals surface area contributed by atoms with Crippen LogP contribution in [-0.4, -0.2) is 9.97 Å². The van der Waals surface area contributed by atoms with Crippen molar-refractivity contribution in [1.82, 2.24) is 9.97 Å². The van der Waals surface area contributed by atoms with Crippen LogP contribution in [0.1, 0.15) is 94.5 Å². The van der Waals surface area contributed by atoms with Gasteiger partial charge in [-0.25, -0.2) is 9.97 Å². The summed E-state index contributed by atoms with van der Waals surface area (Å²) in [5.74, 6) is 3.02. The molecule has 0 amide bonds. The Labute approximate surface area is 600 Å². The first-order chi connectivity index (χ1) is 50.6. The van der Waals surface area contributed by atoms with Gasteiger partial charge in [0.15, 0.2) is 0 Å². The van der Waals surface area contributed by atoms with Gasteiger partial charge in [-0.15, -0.1) is 11.3 Å². The molecule has 482 valence electrons. The Bertz CT molecular complexity index is 6230. The molecule has 23 rings (SSSR count). The number of hydrogen-bond acceptors (Lipinski definition) is 5. The molecular formula is C98H62N2O2S. The molecule has 2 heterocycles. The van der Waals surface area contributed by atoms with Crippen molar-refractivity contribution in [3.63, 3.8) is 0 Å². The highest BCUT2D eigenvalue weighted by Crippen LogP contribution is 2.68. The number of fused-ring (bicyclic) bond motifs is 33. The second kappa shape index (κ2) is 20.3. The van der Waals surface area contributed by atoms with Crippen LogP contribution >= 0.6 is 11.3 Å². The maximum absolute atomic E-state index is 7.13. The van der Waals surface area contributed by atoms with Crippen molar-refractivity contribution in [2.45, 2.75) is 49.4 Å². The predicted octanol–water partition coefficient (Wildman–Crippen LogP) is 25.4. The number of benzene rings is 15. The quantitative estimate of drug-likeness (QED) is 0.156. The lowest BCUT2D eigenvalue weighted by atomic mass is 9.70. The van der Waals surface area contributed by atoms with Crippen molar-refractivity contribution in [1.29, 1.82) is 0 Å². The van der Waals surface area contributed by atoms with E-state index in [1.54, 1.807) is 0 Å². The third-order valence-corrected chi connectivity index (χ3v) is 25.7. The summed E-state index contributed by atoms with van der Waals surface area (Å²) in [6.07, 6.45) is 0. The van der Waals surface area contributed by atoms with Crippen LogP contribution in [0.5, 0.6) is 23.0 Å². The molecule has 15 aromatic carbocycles. The SMILES string of the molecule is CC1(C)c2ccccc2-c2ccc(Oc3ccc4c5ccc(Oc6ccc7c(c6)C(C)(C)c6ccccc6-7)cc5c5nc6c(-c7cccc8c7-c7ccccc7C87c8ccccc8-c8ccccc87)sc(-c7cccc8c7-c7ccccc7C87c8ccccc8-c8ccccc87)c6nc5c4c3)cc21. The molecule has 0 atom stereocenters. The first-order valence-electron chi connectivity index (χ1n) is 35.9. The van der Waals surface area contributed by atoms with E-state index in [1.165, 1.54) is 134 Å². The molecule has 0 bridgehead atoms. The average Bonchev–Trinajstić information content (AvgIpc) is 1.51. The second-order valence-electron chi connectivity index (χ2n) is 30.0. The summed E-state index contributed by atoms with van der Waals surface area (Å²) in [5, 5.41) is 4.00. The molecule has 4 nitrogen and oxygen atoms in total. The summed E-state index contributed by atoms with van der Waals surface area (Å²) < 4.78 is 14.3. The number of rotatable bonds is 6. The zero-order valence-corrected chi connectivity index (χ0v) is 57.8. The Balaban J connectivity index is 0.803. The van der Waals surface area contributed by atoms with Gasteiger partial charge in [0.25, 0.3) is 0 Å². The lowest BCUT2D eigenvalue weighted by molar-refractivity contribution is 0.481. The average molecular weight is 1330 g/mol. The van der Waals surface area contributed by atoms with Gasteiger partial charge in [0.1, 0.15) is 34.0 Å². The Kier molecular flexibility index (Phi) is 11.3. The van der Waals surface area contributed by atoms with E-state index in [1.807, 2.05) is 11.3 Å². The van der Waals surface area contributed by atoms with E-state index in [-0.39, 0.29) is 10.8 Å². The van der Waals surface area contributed by atoms with Crippen LogP contribution < -0.4 is 9.47 Å². The van der Waals surface area contributed by atoms with E-state index >= 15 is 0 Å². The van der Waals surface area contributed by atoms with Crippen LogP contribution in [0.4, 0.5) is 0 Å². The Morgan fingerprint density at radius 2 is 0.495 bits per heavy atom. The standard InChI is InChI=1S/C98H62N2O2S/c1-95(2)75-33-13-5-23-61(75)67-49-45-57(53-85(67)95)101-55-43-47-59-60-48-44-56(102-58-46-50-68-62-24-6-14-34-76(62)96(3,4)86(68)54-58)52-74(60)90-89(73(59)51-55)99-91-92(100-90)94(72-32-22-42-84-88(72)70-30-12-20-40-82(70)98(84)79-37-17-9-27-65(79)66-28-10-18-38-80(66)98)103-93(91)71-31-21-41-83-87(71)69-29-11-19-39-81(69)97(83)77-35-15-7-25-63(77)64-26-8-16-36-78(64)97/h5-54H,1-4H3. The predicted molar refractivity (Wildman–Crippen MR) is 422 cm³/mol. The van der Waals surface area contributed by atoms with Crippen LogP contribution in [-0.2, 0) is 21.7 Å². The molecule has 2 aromatic heterocycles. The minimum Gasteiger partial charge on any atom is -0.457 e. The first-order valence-corrected chi connectivity index (χ1v) is 36.7. The summed E-state index contributed by atoms with van der Waals surface area (Å²) in [5.41, 5.74) is 34.7. The molecule has 0 fully saturated rings. The van der Waals surface area contributed by atoms with Gasteiger partial charge in [-0.2, -0.15) is 0 Å². The summed E-state index contributed by atoms with van der Waals surface area (Å²) in [4.78, 5) is 14.7. The highest BCUT2D eigenvalue weighted by molar-refractivity contribution is 7.21. The van der Waals surface area contributed by atoms with E-state index in [9.17, 15) is 0 Å².